The van der Waals surface area contributed by atoms with Gasteiger partial charge in [-0.3, -0.25) is 9.59 Å². The number of hydrogen-bond acceptors (Lipinski definition) is 5. The third-order valence-electron chi connectivity index (χ3n) is 4.47. The summed E-state index contributed by atoms with van der Waals surface area (Å²) in [5, 5.41) is 9.05. The predicted molar refractivity (Wildman–Crippen MR) is 114 cm³/mol. The molecule has 3 rings (SSSR count). The predicted octanol–water partition coefficient (Wildman–Crippen LogP) is 2.62. The molecule has 1 unspecified atom stereocenters. The molecule has 0 bridgehead atoms. The van der Waals surface area contributed by atoms with Crippen molar-refractivity contribution in [2.75, 3.05) is 32.1 Å². The summed E-state index contributed by atoms with van der Waals surface area (Å²) in [6, 6.07) is 14.0. The van der Waals surface area contributed by atoms with E-state index in [0.717, 1.165) is 25.9 Å². The molecular formula is C21H26ClN3O4. The van der Waals surface area contributed by atoms with E-state index in [9.17, 15) is 9.59 Å². The van der Waals surface area contributed by atoms with Crippen LogP contribution < -0.4 is 25.4 Å². The maximum Gasteiger partial charge on any atom is 0.262 e. The maximum absolute atomic E-state index is 12.3. The molecule has 7 nitrogen and oxygen atoms in total. The van der Waals surface area contributed by atoms with Crippen molar-refractivity contribution in [3.63, 3.8) is 0 Å². The molecule has 1 fully saturated rings. The highest BCUT2D eigenvalue weighted by molar-refractivity contribution is 5.94. The molecule has 0 saturated carbocycles. The van der Waals surface area contributed by atoms with E-state index in [4.69, 9.17) is 9.47 Å². The molecule has 3 N–H and O–H groups in total. The van der Waals surface area contributed by atoms with E-state index in [1.165, 1.54) is 0 Å². The summed E-state index contributed by atoms with van der Waals surface area (Å²) in [5.41, 5.74) is 1.20. The number of amides is 2. The van der Waals surface area contributed by atoms with E-state index in [1.54, 1.807) is 55.6 Å². The average molecular weight is 420 g/mol. The number of nitrogens with one attached hydrogen (secondary N) is 3. The number of ether oxygens (including phenoxy) is 2. The minimum Gasteiger partial charge on any atom is -0.497 e. The van der Waals surface area contributed by atoms with E-state index in [-0.39, 0.29) is 36.9 Å². The third kappa shape index (κ3) is 6.96. The van der Waals surface area contributed by atoms with Crippen LogP contribution in [-0.4, -0.2) is 44.7 Å². The van der Waals surface area contributed by atoms with Gasteiger partial charge in [0, 0.05) is 29.9 Å². The zero-order valence-electron chi connectivity index (χ0n) is 16.3. The van der Waals surface area contributed by atoms with Gasteiger partial charge in [0.1, 0.15) is 11.5 Å². The first-order valence-electron chi connectivity index (χ1n) is 9.32. The number of anilines is 1. The summed E-state index contributed by atoms with van der Waals surface area (Å²) in [7, 11) is 1.57. The zero-order valence-corrected chi connectivity index (χ0v) is 17.1. The molecule has 1 atom stereocenters. The third-order valence-corrected chi connectivity index (χ3v) is 4.47. The number of carbonyl (C=O) groups excluding carboxylic acids is 2. The van der Waals surface area contributed by atoms with E-state index >= 15 is 0 Å². The molecule has 0 aliphatic carbocycles. The lowest BCUT2D eigenvalue weighted by Crippen LogP contribution is -2.45. The largest absolute Gasteiger partial charge is 0.497 e. The Hall–Kier alpha value is -2.77. The van der Waals surface area contributed by atoms with Crippen LogP contribution in [0.25, 0.3) is 0 Å². The van der Waals surface area contributed by atoms with Gasteiger partial charge in [-0.05, 0) is 55.8 Å². The van der Waals surface area contributed by atoms with Crippen LogP contribution in [0, 0.1) is 0 Å². The fraction of sp³-hybridized carbons (Fsp3) is 0.333. The van der Waals surface area contributed by atoms with Gasteiger partial charge < -0.3 is 25.4 Å². The van der Waals surface area contributed by atoms with Crippen molar-refractivity contribution in [2.24, 2.45) is 0 Å². The SMILES string of the molecule is COc1cccc(NC(=O)COc2ccc(C(=O)NC3CCCNC3)cc2)c1.Cl. The molecule has 2 aromatic rings. The van der Waals surface area contributed by atoms with Gasteiger partial charge in [-0.1, -0.05) is 6.07 Å². The topological polar surface area (TPSA) is 88.7 Å². The van der Waals surface area contributed by atoms with Crippen molar-refractivity contribution < 1.29 is 19.1 Å². The summed E-state index contributed by atoms with van der Waals surface area (Å²) in [4.78, 5) is 24.3. The number of halogens is 1. The highest BCUT2D eigenvalue weighted by atomic mass is 35.5. The lowest BCUT2D eigenvalue weighted by Gasteiger charge is -2.23. The lowest BCUT2D eigenvalue weighted by molar-refractivity contribution is -0.118. The summed E-state index contributed by atoms with van der Waals surface area (Å²) in [6.45, 7) is 1.68. The fourth-order valence-corrected chi connectivity index (χ4v) is 2.99. The molecule has 29 heavy (non-hydrogen) atoms. The Labute approximate surface area is 176 Å². The molecule has 2 aromatic carbocycles. The normalized spacial score (nSPS) is 15.6. The van der Waals surface area contributed by atoms with Crippen LogP contribution >= 0.6 is 12.4 Å². The number of piperidine rings is 1. The maximum atomic E-state index is 12.3. The standard InChI is InChI=1S/C21H25N3O4.ClH/c1-27-19-6-2-4-16(12-19)23-20(25)14-28-18-9-7-15(8-10-18)21(26)24-17-5-3-11-22-13-17;/h2,4,6-10,12,17,22H,3,5,11,13-14H2,1H3,(H,23,25)(H,24,26);1H. The van der Waals surface area contributed by atoms with Gasteiger partial charge in [0.15, 0.2) is 6.61 Å². The number of rotatable bonds is 7. The molecule has 1 aliphatic rings. The highest BCUT2D eigenvalue weighted by Gasteiger charge is 2.16. The van der Waals surface area contributed by atoms with E-state index in [1.807, 2.05) is 0 Å². The van der Waals surface area contributed by atoms with Crippen molar-refractivity contribution in [1.29, 1.82) is 0 Å². The van der Waals surface area contributed by atoms with Gasteiger partial charge in [0.2, 0.25) is 0 Å². The number of hydrogen-bond donors (Lipinski definition) is 3. The molecule has 1 heterocycles. The molecule has 2 amide bonds. The molecule has 0 aromatic heterocycles. The van der Waals surface area contributed by atoms with E-state index < -0.39 is 0 Å². The lowest BCUT2D eigenvalue weighted by atomic mass is 10.1. The van der Waals surface area contributed by atoms with Crippen LogP contribution in [0.4, 0.5) is 5.69 Å². The molecule has 8 heteroatoms. The van der Waals surface area contributed by atoms with Crippen LogP contribution in [0.1, 0.15) is 23.2 Å². The Morgan fingerprint density at radius 2 is 1.93 bits per heavy atom. The Balaban J connectivity index is 0.00000300. The fourth-order valence-electron chi connectivity index (χ4n) is 2.99. The summed E-state index contributed by atoms with van der Waals surface area (Å²) < 4.78 is 10.6. The monoisotopic (exact) mass is 419 g/mol. The van der Waals surface area contributed by atoms with Gasteiger partial charge in [-0.15, -0.1) is 12.4 Å². The Morgan fingerprint density at radius 1 is 1.14 bits per heavy atom. The number of methoxy groups -OCH3 is 1. The molecule has 156 valence electrons. The van der Waals surface area contributed by atoms with Gasteiger partial charge in [0.05, 0.1) is 7.11 Å². The van der Waals surface area contributed by atoms with E-state index in [2.05, 4.69) is 16.0 Å². The first-order chi connectivity index (χ1) is 13.6. The summed E-state index contributed by atoms with van der Waals surface area (Å²) >= 11 is 0. The number of carbonyl (C=O) groups is 2. The van der Waals surface area contributed by atoms with Crippen molar-refractivity contribution >= 4 is 29.9 Å². The van der Waals surface area contributed by atoms with Gasteiger partial charge in [-0.25, -0.2) is 0 Å². The van der Waals surface area contributed by atoms with E-state index in [0.29, 0.717) is 22.7 Å². The molecule has 1 aliphatic heterocycles. The number of benzene rings is 2. The molecule has 0 spiro atoms. The molecule has 1 saturated heterocycles. The molecular weight excluding hydrogens is 394 g/mol. The Kier molecular flexibility index (Phi) is 8.76. The van der Waals surface area contributed by atoms with Crippen molar-refractivity contribution in [2.45, 2.75) is 18.9 Å². The second-order valence-electron chi connectivity index (χ2n) is 6.61. The van der Waals surface area contributed by atoms with Gasteiger partial charge >= 0.3 is 0 Å². The highest BCUT2D eigenvalue weighted by Crippen LogP contribution is 2.17. The van der Waals surface area contributed by atoms with Crippen LogP contribution in [0.2, 0.25) is 0 Å². The van der Waals surface area contributed by atoms with Crippen LogP contribution in [0.15, 0.2) is 48.5 Å². The van der Waals surface area contributed by atoms with Crippen LogP contribution in [0.5, 0.6) is 11.5 Å². The summed E-state index contributed by atoms with van der Waals surface area (Å²) in [5.74, 6) is 0.809. The minimum atomic E-state index is -0.278. The van der Waals surface area contributed by atoms with Crippen LogP contribution in [0.3, 0.4) is 0 Å². The molecule has 0 radical (unpaired) electrons. The van der Waals surface area contributed by atoms with Crippen LogP contribution in [-0.2, 0) is 4.79 Å². The Bertz CT molecular complexity index is 808. The van der Waals surface area contributed by atoms with Crippen molar-refractivity contribution in [3.05, 3.63) is 54.1 Å². The zero-order chi connectivity index (χ0) is 19.8. The van der Waals surface area contributed by atoms with Gasteiger partial charge in [-0.2, -0.15) is 0 Å². The first-order valence-corrected chi connectivity index (χ1v) is 9.32. The second kappa shape index (κ2) is 11.3. The van der Waals surface area contributed by atoms with Crippen molar-refractivity contribution in [1.82, 2.24) is 10.6 Å². The average Bonchev–Trinajstić information content (AvgIpc) is 2.73. The quantitative estimate of drug-likeness (QED) is 0.642. The van der Waals surface area contributed by atoms with Gasteiger partial charge in [0.25, 0.3) is 11.8 Å². The summed E-state index contributed by atoms with van der Waals surface area (Å²) in [6.07, 6.45) is 2.05. The van der Waals surface area contributed by atoms with Crippen molar-refractivity contribution in [3.8, 4) is 11.5 Å². The first kappa shape index (κ1) is 22.5. The smallest absolute Gasteiger partial charge is 0.262 e. The second-order valence-corrected chi connectivity index (χ2v) is 6.61. The Morgan fingerprint density at radius 3 is 2.62 bits per heavy atom. The minimum absolute atomic E-state index is 0.